The highest BCUT2D eigenvalue weighted by atomic mass is 79.9. The standard InChI is InChI=1S/C24H21BrF3N3O4S/c1-4-20-29-14(3)13(2)23(32)31(20)12-15-9-10-19-17(11-15)21(25)22(35-19)16-7-5-6-8-18(16)30-36(33,34)24(26,27)28/h5-11,30H,4,12H2,1-3H3. The summed E-state index contributed by atoms with van der Waals surface area (Å²) in [6.45, 7) is 5.71. The van der Waals surface area contributed by atoms with Crippen molar-refractivity contribution in [1.29, 1.82) is 0 Å². The lowest BCUT2D eigenvalue weighted by atomic mass is 10.1. The molecule has 1 N–H and O–H groups in total. The van der Waals surface area contributed by atoms with Crippen molar-refractivity contribution in [2.45, 2.75) is 39.2 Å². The van der Waals surface area contributed by atoms with Gasteiger partial charge in [0.25, 0.3) is 5.56 Å². The smallest absolute Gasteiger partial charge is 0.455 e. The van der Waals surface area contributed by atoms with E-state index < -0.39 is 15.5 Å². The average Bonchev–Trinajstić information content (AvgIpc) is 3.14. The summed E-state index contributed by atoms with van der Waals surface area (Å²) < 4.78 is 71.7. The first-order valence-electron chi connectivity index (χ1n) is 10.8. The molecule has 7 nitrogen and oxygen atoms in total. The summed E-state index contributed by atoms with van der Waals surface area (Å²) in [7, 11) is -5.63. The third-order valence-corrected chi connectivity index (χ3v) is 7.67. The summed E-state index contributed by atoms with van der Waals surface area (Å²) in [6.07, 6.45) is 0.572. The summed E-state index contributed by atoms with van der Waals surface area (Å²) in [5, 5.41) is 0.610. The van der Waals surface area contributed by atoms with Crippen LogP contribution >= 0.6 is 15.9 Å². The second kappa shape index (κ2) is 9.40. The number of alkyl halides is 3. The van der Waals surface area contributed by atoms with Gasteiger partial charge in [-0.2, -0.15) is 21.6 Å². The second-order valence-corrected chi connectivity index (χ2v) is 10.6. The van der Waals surface area contributed by atoms with Gasteiger partial charge in [0.05, 0.1) is 16.7 Å². The van der Waals surface area contributed by atoms with Crippen molar-refractivity contribution in [2.75, 3.05) is 4.72 Å². The van der Waals surface area contributed by atoms with Crippen LogP contribution in [0, 0.1) is 13.8 Å². The number of para-hydroxylation sites is 1. The number of halogens is 4. The van der Waals surface area contributed by atoms with Crippen LogP contribution in [0.2, 0.25) is 0 Å². The highest BCUT2D eigenvalue weighted by Crippen LogP contribution is 2.41. The van der Waals surface area contributed by atoms with Crippen LogP contribution in [0.15, 0.2) is 56.1 Å². The Morgan fingerprint density at radius 2 is 1.83 bits per heavy atom. The number of benzene rings is 2. The third kappa shape index (κ3) is 4.66. The van der Waals surface area contributed by atoms with E-state index in [2.05, 4.69) is 20.9 Å². The normalized spacial score (nSPS) is 12.3. The number of aryl methyl sites for hydroxylation is 2. The van der Waals surface area contributed by atoms with E-state index in [1.807, 2.05) is 6.92 Å². The Morgan fingerprint density at radius 1 is 1.14 bits per heavy atom. The lowest BCUT2D eigenvalue weighted by molar-refractivity contribution is -0.0429. The largest absolute Gasteiger partial charge is 0.516 e. The second-order valence-electron chi connectivity index (χ2n) is 8.16. The molecule has 36 heavy (non-hydrogen) atoms. The Hall–Kier alpha value is -3.12. The van der Waals surface area contributed by atoms with Gasteiger partial charge in [0.15, 0.2) is 5.76 Å². The molecule has 190 valence electrons. The Bertz CT molecular complexity index is 1640. The van der Waals surface area contributed by atoms with Gasteiger partial charge in [-0.05, 0) is 59.6 Å². The van der Waals surface area contributed by atoms with Crippen molar-refractivity contribution in [3.63, 3.8) is 0 Å². The Labute approximate surface area is 213 Å². The number of hydrogen-bond donors (Lipinski definition) is 1. The van der Waals surface area contributed by atoms with E-state index >= 15 is 0 Å². The van der Waals surface area contributed by atoms with Crippen molar-refractivity contribution in [3.05, 3.63) is 79.9 Å². The molecule has 0 spiro atoms. The molecule has 0 bridgehead atoms. The first kappa shape index (κ1) is 26.0. The number of nitrogens with one attached hydrogen (secondary N) is 1. The predicted molar refractivity (Wildman–Crippen MR) is 134 cm³/mol. The van der Waals surface area contributed by atoms with Gasteiger partial charge in [-0.25, -0.2) is 4.98 Å². The Kier molecular flexibility index (Phi) is 6.78. The molecular formula is C24H21BrF3N3O4S. The number of rotatable bonds is 6. The zero-order valence-corrected chi connectivity index (χ0v) is 21.8. The minimum absolute atomic E-state index is 0.123. The number of fused-ring (bicyclic) bond motifs is 1. The van der Waals surface area contributed by atoms with Crippen molar-refractivity contribution in [1.82, 2.24) is 9.55 Å². The van der Waals surface area contributed by atoms with E-state index in [0.29, 0.717) is 38.9 Å². The van der Waals surface area contributed by atoms with E-state index in [1.165, 1.54) is 18.2 Å². The van der Waals surface area contributed by atoms with Crippen LogP contribution < -0.4 is 10.3 Å². The molecule has 0 fully saturated rings. The molecule has 2 aromatic heterocycles. The van der Waals surface area contributed by atoms with Gasteiger partial charge in [-0.1, -0.05) is 25.1 Å². The molecule has 4 aromatic rings. The topological polar surface area (TPSA) is 94.2 Å². The van der Waals surface area contributed by atoms with Crippen LogP contribution in [-0.4, -0.2) is 23.5 Å². The fraction of sp³-hybridized carbons (Fsp3) is 0.250. The lowest BCUT2D eigenvalue weighted by Crippen LogP contribution is -2.30. The van der Waals surface area contributed by atoms with Gasteiger partial charge in [0, 0.05) is 28.6 Å². The third-order valence-electron chi connectivity index (χ3n) is 5.79. The maximum absolute atomic E-state index is 12.9. The molecule has 4 rings (SSSR count). The zero-order valence-electron chi connectivity index (χ0n) is 19.4. The summed E-state index contributed by atoms with van der Waals surface area (Å²) in [5.41, 5.74) is -3.30. The number of furan rings is 1. The zero-order chi connectivity index (χ0) is 26.4. The molecule has 2 heterocycles. The minimum atomic E-state index is -5.63. The number of sulfonamides is 1. The average molecular weight is 584 g/mol. The minimum Gasteiger partial charge on any atom is -0.455 e. The first-order chi connectivity index (χ1) is 16.8. The molecule has 0 unspecified atom stereocenters. The van der Waals surface area contributed by atoms with Crippen molar-refractivity contribution < 1.29 is 26.0 Å². The van der Waals surface area contributed by atoms with Crippen molar-refractivity contribution in [3.8, 4) is 11.3 Å². The Morgan fingerprint density at radius 3 is 2.50 bits per heavy atom. The molecule has 12 heteroatoms. The van der Waals surface area contributed by atoms with Crippen LogP contribution in [0.1, 0.15) is 29.6 Å². The number of nitrogens with zero attached hydrogens (tertiary/aromatic N) is 2. The van der Waals surface area contributed by atoms with Crippen LogP contribution in [-0.2, 0) is 23.0 Å². The van der Waals surface area contributed by atoms with E-state index in [1.54, 1.807) is 47.4 Å². The monoisotopic (exact) mass is 583 g/mol. The molecule has 0 aliphatic carbocycles. The summed E-state index contributed by atoms with van der Waals surface area (Å²) >= 11 is 3.45. The van der Waals surface area contributed by atoms with Gasteiger partial charge in [-0.3, -0.25) is 14.1 Å². The van der Waals surface area contributed by atoms with E-state index in [-0.39, 0.29) is 29.1 Å². The SMILES string of the molecule is CCc1nc(C)c(C)c(=O)n1Cc1ccc2oc(-c3ccccc3NS(=O)(=O)C(F)(F)F)c(Br)c2c1. The molecular weight excluding hydrogens is 563 g/mol. The van der Waals surface area contributed by atoms with Gasteiger partial charge in [0.1, 0.15) is 11.4 Å². The van der Waals surface area contributed by atoms with E-state index in [4.69, 9.17) is 4.42 Å². The molecule has 0 radical (unpaired) electrons. The maximum Gasteiger partial charge on any atom is 0.516 e. The first-order valence-corrected chi connectivity index (χ1v) is 13.1. The quantitative estimate of drug-likeness (QED) is 0.304. The van der Waals surface area contributed by atoms with Crippen LogP contribution in [0.25, 0.3) is 22.3 Å². The summed E-state index contributed by atoms with van der Waals surface area (Å²) in [4.78, 5) is 17.4. The fourth-order valence-electron chi connectivity index (χ4n) is 3.79. The van der Waals surface area contributed by atoms with E-state index in [9.17, 15) is 26.4 Å². The van der Waals surface area contributed by atoms with Gasteiger partial charge < -0.3 is 4.42 Å². The molecule has 0 aliphatic heterocycles. The number of hydrogen-bond acceptors (Lipinski definition) is 5. The highest BCUT2D eigenvalue weighted by molar-refractivity contribution is 9.10. The fourth-order valence-corrected chi connectivity index (χ4v) is 4.97. The van der Waals surface area contributed by atoms with Crippen molar-refractivity contribution >= 4 is 42.6 Å². The number of anilines is 1. The molecule has 0 saturated heterocycles. The maximum atomic E-state index is 12.9. The van der Waals surface area contributed by atoms with Crippen molar-refractivity contribution in [2.24, 2.45) is 0 Å². The van der Waals surface area contributed by atoms with Crippen LogP contribution in [0.3, 0.4) is 0 Å². The lowest BCUT2D eigenvalue weighted by Gasteiger charge is -2.13. The van der Waals surface area contributed by atoms with Crippen LogP contribution in [0.5, 0.6) is 0 Å². The predicted octanol–water partition coefficient (Wildman–Crippen LogP) is 5.91. The highest BCUT2D eigenvalue weighted by Gasteiger charge is 2.46. The van der Waals surface area contributed by atoms with Gasteiger partial charge >= 0.3 is 15.5 Å². The molecule has 2 aromatic carbocycles. The summed E-state index contributed by atoms with van der Waals surface area (Å²) in [5.74, 6) is 0.808. The van der Waals surface area contributed by atoms with Crippen LogP contribution in [0.4, 0.5) is 18.9 Å². The van der Waals surface area contributed by atoms with Gasteiger partial charge in [-0.15, -0.1) is 0 Å². The Balaban J connectivity index is 1.78. The summed E-state index contributed by atoms with van der Waals surface area (Å²) in [6, 6.07) is 10.9. The van der Waals surface area contributed by atoms with E-state index in [0.717, 1.165) is 5.56 Å². The molecule has 0 atom stereocenters. The number of aromatic nitrogens is 2. The van der Waals surface area contributed by atoms with Gasteiger partial charge in [0.2, 0.25) is 0 Å². The molecule has 0 saturated carbocycles. The molecule has 0 amide bonds. The molecule has 0 aliphatic rings.